The molecule has 0 bridgehead atoms. The molecule has 0 amide bonds. The van der Waals surface area contributed by atoms with E-state index in [-0.39, 0.29) is 5.92 Å². The minimum Gasteiger partial charge on any atom is -0.308 e. The molecule has 0 radical (unpaired) electrons. The van der Waals surface area contributed by atoms with E-state index in [1.54, 1.807) is 12.1 Å². The molecule has 1 unspecified atom stereocenters. The van der Waals surface area contributed by atoms with Crippen LogP contribution >= 0.6 is 0 Å². The molecular weight excluding hydrogens is 296 g/mol. The van der Waals surface area contributed by atoms with Crippen molar-refractivity contribution < 1.29 is 0 Å². The van der Waals surface area contributed by atoms with Gasteiger partial charge in [-0.25, -0.2) is 0 Å². The van der Waals surface area contributed by atoms with Crippen molar-refractivity contribution in [2.45, 2.75) is 52.9 Å². The highest BCUT2D eigenvalue weighted by atomic mass is 14.8. The van der Waals surface area contributed by atoms with Gasteiger partial charge in [-0.2, -0.15) is 5.26 Å². The van der Waals surface area contributed by atoms with Gasteiger partial charge in [-0.15, -0.1) is 0 Å². The molecule has 0 spiro atoms. The first-order valence-corrected chi connectivity index (χ1v) is 8.42. The zero-order valence-corrected chi connectivity index (χ0v) is 15.0. The Morgan fingerprint density at radius 3 is 2.58 bits per heavy atom. The van der Waals surface area contributed by atoms with Crippen LogP contribution in [0, 0.1) is 22.1 Å². The summed E-state index contributed by atoms with van der Waals surface area (Å²) >= 11 is 0. The first kappa shape index (κ1) is 19.5. The van der Waals surface area contributed by atoms with Gasteiger partial charge in [0.05, 0.1) is 23.0 Å². The number of rotatable bonds is 4. The predicted octanol–water partition coefficient (Wildman–Crippen LogP) is 5.56. The molecule has 1 aromatic carbocycles. The predicted molar refractivity (Wildman–Crippen MR) is 102 cm³/mol. The normalized spacial score (nSPS) is 16.0. The quantitative estimate of drug-likeness (QED) is 0.699. The summed E-state index contributed by atoms with van der Waals surface area (Å²) < 4.78 is 0. The maximum absolute atomic E-state index is 8.98. The molecule has 1 atom stereocenters. The van der Waals surface area contributed by atoms with Crippen LogP contribution in [-0.4, -0.2) is 17.6 Å². The van der Waals surface area contributed by atoms with E-state index >= 15 is 0 Å². The molecule has 1 heterocycles. The van der Waals surface area contributed by atoms with Gasteiger partial charge in [-0.05, 0) is 48.6 Å². The first-order chi connectivity index (χ1) is 11.5. The molecule has 1 aromatic rings. The monoisotopic (exact) mass is 322 g/mol. The van der Waals surface area contributed by atoms with Crippen LogP contribution in [0.25, 0.3) is 0 Å². The number of hydrogen-bond donors (Lipinski definition) is 2. The lowest BCUT2D eigenvalue weighted by Crippen LogP contribution is -2.14. The third-order valence-corrected chi connectivity index (χ3v) is 3.64. The van der Waals surface area contributed by atoms with Gasteiger partial charge in [0.2, 0.25) is 0 Å². The van der Waals surface area contributed by atoms with E-state index in [1.807, 2.05) is 19.1 Å². The average molecular weight is 322 g/mol. The molecule has 0 fully saturated rings. The largest absolute Gasteiger partial charge is 0.308 e. The summed E-state index contributed by atoms with van der Waals surface area (Å²) in [7, 11) is 0. The topological polar surface area (TPSA) is 83.8 Å². The molecule has 2 rings (SSSR count). The Morgan fingerprint density at radius 2 is 2.04 bits per heavy atom. The van der Waals surface area contributed by atoms with E-state index in [0.29, 0.717) is 23.3 Å². The molecule has 126 valence electrons. The van der Waals surface area contributed by atoms with Gasteiger partial charge in [0, 0.05) is 17.5 Å². The molecule has 0 saturated carbocycles. The van der Waals surface area contributed by atoms with Crippen LogP contribution in [0.5, 0.6) is 0 Å². The highest BCUT2D eigenvalue weighted by Gasteiger charge is 2.21. The summed E-state index contributed by atoms with van der Waals surface area (Å²) in [5.41, 5.74) is 4.62. The molecule has 2 N–H and O–H groups in total. The number of allylic oxidation sites excluding steroid dienone is 2. The van der Waals surface area contributed by atoms with Crippen LogP contribution in [-0.2, 0) is 0 Å². The molecule has 1 aliphatic heterocycles. The Hall–Kier alpha value is -2.54. The van der Waals surface area contributed by atoms with E-state index in [1.165, 1.54) is 12.6 Å². The van der Waals surface area contributed by atoms with Gasteiger partial charge in [-0.1, -0.05) is 34.1 Å². The minimum absolute atomic E-state index is 0.250. The van der Waals surface area contributed by atoms with Gasteiger partial charge in [0.25, 0.3) is 0 Å². The Labute approximate surface area is 145 Å². The van der Waals surface area contributed by atoms with E-state index in [4.69, 9.17) is 16.1 Å². The Kier molecular flexibility index (Phi) is 7.77. The lowest BCUT2D eigenvalue weighted by molar-refractivity contribution is 0.792. The summed E-state index contributed by atoms with van der Waals surface area (Å²) in [4.78, 5) is 4.62. The van der Waals surface area contributed by atoms with Crippen molar-refractivity contribution in [2.75, 3.05) is 0 Å². The fraction of sp³-hybridized carbons (Fsp3) is 0.400. The Balaban J connectivity index is 0.000000891. The molecule has 4 heteroatoms. The van der Waals surface area contributed by atoms with E-state index in [2.05, 4.69) is 31.8 Å². The van der Waals surface area contributed by atoms with Crippen molar-refractivity contribution in [2.24, 2.45) is 4.99 Å². The molecule has 0 aromatic heterocycles. The number of nitrogens with zero attached hydrogens (tertiary/aromatic N) is 2. The summed E-state index contributed by atoms with van der Waals surface area (Å²) in [6, 6.07) is 7.66. The molecular formula is C20H26N4. The molecule has 24 heavy (non-hydrogen) atoms. The highest BCUT2D eigenvalue weighted by molar-refractivity contribution is 6.20. The van der Waals surface area contributed by atoms with Gasteiger partial charge in [-0.3, -0.25) is 4.99 Å². The summed E-state index contributed by atoms with van der Waals surface area (Å²) in [6.07, 6.45) is 5.60. The average Bonchev–Trinajstić information content (AvgIpc) is 2.59. The van der Waals surface area contributed by atoms with Gasteiger partial charge in [0.15, 0.2) is 0 Å². The zero-order valence-electron chi connectivity index (χ0n) is 15.0. The molecule has 0 aliphatic carbocycles. The molecule has 4 nitrogen and oxygen atoms in total. The third-order valence-electron chi connectivity index (χ3n) is 3.64. The second kappa shape index (κ2) is 9.57. The minimum atomic E-state index is 0.250. The third kappa shape index (κ3) is 4.99. The zero-order chi connectivity index (χ0) is 18.1. The van der Waals surface area contributed by atoms with Crippen LogP contribution in [0.3, 0.4) is 0 Å². The van der Waals surface area contributed by atoms with Crippen molar-refractivity contribution >= 4 is 23.3 Å². The molecule has 1 aliphatic rings. The lowest BCUT2D eigenvalue weighted by Gasteiger charge is -2.22. The fourth-order valence-corrected chi connectivity index (χ4v) is 2.39. The summed E-state index contributed by atoms with van der Waals surface area (Å²) in [6.45, 7) is 8.27. The lowest BCUT2D eigenvalue weighted by atomic mass is 9.87. The van der Waals surface area contributed by atoms with Crippen LogP contribution < -0.4 is 0 Å². The first-order valence-electron chi connectivity index (χ1n) is 8.42. The van der Waals surface area contributed by atoms with Crippen molar-refractivity contribution in [1.82, 2.24) is 0 Å². The maximum atomic E-state index is 8.98. The number of nitrogens with one attached hydrogen (secondary N) is 2. The van der Waals surface area contributed by atoms with Crippen molar-refractivity contribution in [3.8, 4) is 6.07 Å². The highest BCUT2D eigenvalue weighted by Crippen LogP contribution is 2.36. The smallest absolute Gasteiger partial charge is 0.0991 e. The SMILES string of the molecule is CCC.CCC(=N)/C=C(\C=N)C1=Nc2ccc(C#N)cc2C(C)C1. The number of benzene rings is 1. The Morgan fingerprint density at radius 1 is 1.38 bits per heavy atom. The van der Waals surface area contributed by atoms with Crippen molar-refractivity contribution in [3.05, 3.63) is 41.0 Å². The second-order valence-electron chi connectivity index (χ2n) is 5.88. The fourth-order valence-electron chi connectivity index (χ4n) is 2.39. The number of fused-ring (bicyclic) bond motifs is 1. The van der Waals surface area contributed by atoms with Crippen molar-refractivity contribution in [3.63, 3.8) is 0 Å². The number of aliphatic imine (C=N–C) groups is 1. The van der Waals surface area contributed by atoms with Gasteiger partial charge < -0.3 is 10.8 Å². The van der Waals surface area contributed by atoms with E-state index in [9.17, 15) is 0 Å². The molecule has 0 saturated heterocycles. The van der Waals surface area contributed by atoms with Crippen LogP contribution in [0.4, 0.5) is 5.69 Å². The van der Waals surface area contributed by atoms with Gasteiger partial charge >= 0.3 is 0 Å². The second-order valence-corrected chi connectivity index (χ2v) is 5.88. The number of hydrogen-bond acceptors (Lipinski definition) is 4. The van der Waals surface area contributed by atoms with E-state index < -0.39 is 0 Å². The van der Waals surface area contributed by atoms with Gasteiger partial charge in [0.1, 0.15) is 0 Å². The van der Waals surface area contributed by atoms with Crippen LogP contribution in [0.15, 0.2) is 34.8 Å². The summed E-state index contributed by atoms with van der Waals surface area (Å²) in [5.74, 6) is 0.250. The van der Waals surface area contributed by atoms with Crippen LogP contribution in [0.1, 0.15) is 64.0 Å². The number of nitriles is 1. The standard InChI is InChI=1S/C17H18N4.C3H8/c1-3-14(20)8-13(10-19)17-6-11(2)15-7-12(9-18)4-5-16(15)21-17;1-3-2/h4-5,7-8,10-11,19-20H,3,6H2,1-2H3;3H2,1-2H3/b13-8+,19-10?,20-14?;. The maximum Gasteiger partial charge on any atom is 0.0991 e. The van der Waals surface area contributed by atoms with Crippen LogP contribution in [0.2, 0.25) is 0 Å². The summed E-state index contributed by atoms with van der Waals surface area (Å²) in [5, 5.41) is 24.3. The van der Waals surface area contributed by atoms with E-state index in [0.717, 1.165) is 23.4 Å². The Bertz CT molecular complexity index is 705. The van der Waals surface area contributed by atoms with Crippen molar-refractivity contribution in [1.29, 1.82) is 16.1 Å².